The van der Waals surface area contributed by atoms with Gasteiger partial charge in [-0.05, 0) is 44.2 Å². The summed E-state index contributed by atoms with van der Waals surface area (Å²) >= 11 is 0. The summed E-state index contributed by atoms with van der Waals surface area (Å²) in [6, 6.07) is 15.3. The minimum absolute atomic E-state index is 0.305. The Balaban J connectivity index is 1.45. The van der Waals surface area contributed by atoms with Crippen molar-refractivity contribution in [1.29, 1.82) is 0 Å². The predicted molar refractivity (Wildman–Crippen MR) is 150 cm³/mol. The van der Waals surface area contributed by atoms with E-state index in [4.69, 9.17) is 4.98 Å². The zero-order valence-electron chi connectivity index (χ0n) is 22.1. The van der Waals surface area contributed by atoms with Crippen LogP contribution >= 0.6 is 0 Å². The third-order valence-corrected chi connectivity index (χ3v) is 6.63. The standard InChI is InChI=1S/C31H24FN7O/c1-19(35-31(40)27-20(2)37-39-14-6-13-33-30(27)39)26-16-24-8-4-7-22(12-11-21-17-34-38(3)18-21)28(24)36-29(26)23-9-5-10-25(32)15-23/h4-10,13-19H,1-3H3,(H,35,40)/t19-/m0/s1. The lowest BCUT2D eigenvalue weighted by atomic mass is 9.97. The molecule has 0 aliphatic carbocycles. The molecular formula is C31H24FN7O. The van der Waals surface area contributed by atoms with E-state index in [9.17, 15) is 9.18 Å². The van der Waals surface area contributed by atoms with Crippen molar-refractivity contribution in [2.45, 2.75) is 19.9 Å². The van der Waals surface area contributed by atoms with E-state index in [2.05, 4.69) is 32.3 Å². The second kappa shape index (κ2) is 10.1. The van der Waals surface area contributed by atoms with Crippen LogP contribution in [0.1, 0.15) is 45.7 Å². The van der Waals surface area contributed by atoms with E-state index in [0.717, 1.165) is 22.1 Å². The van der Waals surface area contributed by atoms with Gasteiger partial charge in [-0.1, -0.05) is 36.1 Å². The number of carbonyl (C=O) groups excluding carboxylic acids is 1. The number of hydrogen-bond acceptors (Lipinski definition) is 5. The fourth-order valence-corrected chi connectivity index (χ4v) is 4.75. The maximum absolute atomic E-state index is 14.3. The highest BCUT2D eigenvalue weighted by Gasteiger charge is 2.23. The quantitative estimate of drug-likeness (QED) is 0.324. The summed E-state index contributed by atoms with van der Waals surface area (Å²) in [6.07, 6.45) is 6.92. The molecule has 0 aliphatic heterocycles. The van der Waals surface area contributed by atoms with Gasteiger partial charge in [0.05, 0.1) is 40.3 Å². The Morgan fingerprint density at radius 1 is 1.10 bits per heavy atom. The van der Waals surface area contributed by atoms with Gasteiger partial charge in [-0.15, -0.1) is 0 Å². The number of rotatable bonds is 4. The number of benzene rings is 2. The average molecular weight is 530 g/mol. The van der Waals surface area contributed by atoms with Crippen LogP contribution in [-0.4, -0.2) is 35.3 Å². The van der Waals surface area contributed by atoms with E-state index in [1.807, 2.05) is 44.4 Å². The fourth-order valence-electron chi connectivity index (χ4n) is 4.75. The molecule has 1 N–H and O–H groups in total. The smallest absolute Gasteiger partial charge is 0.257 e. The van der Waals surface area contributed by atoms with Crippen molar-refractivity contribution in [1.82, 2.24) is 34.7 Å². The van der Waals surface area contributed by atoms with Crippen molar-refractivity contribution in [3.05, 3.63) is 113 Å². The monoisotopic (exact) mass is 529 g/mol. The van der Waals surface area contributed by atoms with Gasteiger partial charge >= 0.3 is 0 Å². The molecule has 1 amide bonds. The largest absolute Gasteiger partial charge is 0.345 e. The highest BCUT2D eigenvalue weighted by atomic mass is 19.1. The zero-order chi connectivity index (χ0) is 27.8. The van der Waals surface area contributed by atoms with E-state index < -0.39 is 6.04 Å². The van der Waals surface area contributed by atoms with Gasteiger partial charge in [0.15, 0.2) is 5.65 Å². The molecule has 0 fully saturated rings. The first kappa shape index (κ1) is 24.9. The van der Waals surface area contributed by atoms with Crippen LogP contribution in [0.2, 0.25) is 0 Å². The summed E-state index contributed by atoms with van der Waals surface area (Å²) in [5.74, 6) is 5.66. The van der Waals surface area contributed by atoms with Crippen LogP contribution in [0.25, 0.3) is 27.8 Å². The van der Waals surface area contributed by atoms with Gasteiger partial charge in [-0.2, -0.15) is 10.2 Å². The lowest BCUT2D eigenvalue weighted by Crippen LogP contribution is -2.27. The molecule has 4 aromatic heterocycles. The van der Waals surface area contributed by atoms with E-state index in [1.165, 1.54) is 12.1 Å². The number of aromatic nitrogens is 6. The predicted octanol–water partition coefficient (Wildman–Crippen LogP) is 5.02. The van der Waals surface area contributed by atoms with E-state index >= 15 is 0 Å². The number of hydrogen-bond donors (Lipinski definition) is 1. The van der Waals surface area contributed by atoms with Crippen molar-refractivity contribution in [2.24, 2.45) is 7.05 Å². The van der Waals surface area contributed by atoms with E-state index in [0.29, 0.717) is 33.7 Å². The number of amides is 1. The second-order valence-corrected chi connectivity index (χ2v) is 9.51. The van der Waals surface area contributed by atoms with Gasteiger partial charge in [0.1, 0.15) is 11.4 Å². The first-order chi connectivity index (χ1) is 19.4. The molecule has 0 saturated heterocycles. The van der Waals surface area contributed by atoms with Crippen LogP contribution in [0.3, 0.4) is 0 Å². The number of fused-ring (bicyclic) bond motifs is 2. The van der Waals surface area contributed by atoms with Crippen LogP contribution < -0.4 is 5.32 Å². The Bertz CT molecular complexity index is 1980. The van der Waals surface area contributed by atoms with Crippen LogP contribution in [-0.2, 0) is 7.05 Å². The Morgan fingerprint density at radius 3 is 2.75 bits per heavy atom. The Morgan fingerprint density at radius 2 is 1.95 bits per heavy atom. The summed E-state index contributed by atoms with van der Waals surface area (Å²) in [6.45, 7) is 3.65. The highest BCUT2D eigenvalue weighted by molar-refractivity contribution is 6.01. The number of pyridine rings is 1. The average Bonchev–Trinajstić information content (AvgIpc) is 3.52. The molecule has 8 nitrogen and oxygen atoms in total. The Hall–Kier alpha value is -5.36. The molecule has 0 bridgehead atoms. The molecule has 0 saturated carbocycles. The van der Waals surface area contributed by atoms with Gasteiger partial charge in [-0.3, -0.25) is 9.48 Å². The number of carbonyl (C=O) groups is 1. The molecule has 6 rings (SSSR count). The summed E-state index contributed by atoms with van der Waals surface area (Å²) in [4.78, 5) is 22.8. The number of nitrogens with one attached hydrogen (secondary N) is 1. The highest BCUT2D eigenvalue weighted by Crippen LogP contribution is 2.32. The zero-order valence-corrected chi connectivity index (χ0v) is 22.1. The lowest BCUT2D eigenvalue weighted by Gasteiger charge is -2.19. The van der Waals surface area contributed by atoms with Gasteiger partial charge in [0, 0.05) is 42.2 Å². The normalized spacial score (nSPS) is 11.8. The molecule has 0 unspecified atom stereocenters. The molecule has 40 heavy (non-hydrogen) atoms. The van der Waals surface area contributed by atoms with Crippen molar-refractivity contribution in [3.63, 3.8) is 0 Å². The third-order valence-electron chi connectivity index (χ3n) is 6.63. The maximum atomic E-state index is 14.3. The van der Waals surface area contributed by atoms with Crippen molar-refractivity contribution in [2.75, 3.05) is 0 Å². The Kier molecular flexibility index (Phi) is 6.28. The molecule has 6 aromatic rings. The molecule has 0 radical (unpaired) electrons. The SMILES string of the molecule is Cc1nn2cccnc2c1C(=O)N[C@@H](C)c1cc2cccc(C#Cc3cnn(C)c3)c2nc1-c1cccc(F)c1. The van der Waals surface area contributed by atoms with Gasteiger partial charge in [0.2, 0.25) is 0 Å². The fraction of sp³-hybridized carbons (Fsp3) is 0.129. The molecular weight excluding hydrogens is 505 g/mol. The van der Waals surface area contributed by atoms with Gasteiger partial charge < -0.3 is 5.32 Å². The number of aryl methyl sites for hydroxylation is 2. The summed E-state index contributed by atoms with van der Waals surface area (Å²) in [5, 5.41) is 12.5. The maximum Gasteiger partial charge on any atom is 0.257 e. The van der Waals surface area contributed by atoms with Gasteiger partial charge in [-0.25, -0.2) is 18.9 Å². The molecule has 0 aliphatic rings. The Labute approximate surface area is 229 Å². The lowest BCUT2D eigenvalue weighted by molar-refractivity contribution is 0.0941. The number of nitrogens with zero attached hydrogens (tertiary/aromatic N) is 6. The van der Waals surface area contributed by atoms with E-state index in [-0.39, 0.29) is 11.7 Å². The number of halogens is 1. The third kappa shape index (κ3) is 4.67. The summed E-state index contributed by atoms with van der Waals surface area (Å²) < 4.78 is 17.6. The summed E-state index contributed by atoms with van der Waals surface area (Å²) in [5.41, 5.74) is 5.55. The van der Waals surface area contributed by atoms with Crippen LogP contribution in [0.5, 0.6) is 0 Å². The van der Waals surface area contributed by atoms with Crippen LogP contribution in [0.15, 0.2) is 79.4 Å². The number of para-hydroxylation sites is 1. The molecule has 1 atom stereocenters. The summed E-state index contributed by atoms with van der Waals surface area (Å²) in [7, 11) is 1.84. The minimum Gasteiger partial charge on any atom is -0.345 e. The van der Waals surface area contributed by atoms with Crippen LogP contribution in [0, 0.1) is 24.6 Å². The molecule has 9 heteroatoms. The van der Waals surface area contributed by atoms with Crippen molar-refractivity contribution >= 4 is 22.5 Å². The molecule has 196 valence electrons. The molecule has 0 spiro atoms. The van der Waals surface area contributed by atoms with E-state index in [1.54, 1.807) is 52.9 Å². The molecule has 2 aromatic carbocycles. The second-order valence-electron chi connectivity index (χ2n) is 9.51. The first-order valence-electron chi connectivity index (χ1n) is 12.7. The van der Waals surface area contributed by atoms with Gasteiger partial charge in [0.25, 0.3) is 5.91 Å². The van der Waals surface area contributed by atoms with Crippen molar-refractivity contribution in [3.8, 4) is 23.1 Å². The topological polar surface area (TPSA) is 90.0 Å². The van der Waals surface area contributed by atoms with Crippen LogP contribution in [0.4, 0.5) is 4.39 Å². The van der Waals surface area contributed by atoms with Crippen molar-refractivity contribution < 1.29 is 9.18 Å². The molecule has 4 heterocycles. The first-order valence-corrected chi connectivity index (χ1v) is 12.7. The minimum atomic E-state index is -0.467.